The summed E-state index contributed by atoms with van der Waals surface area (Å²) in [4.78, 5) is 0. The van der Waals surface area contributed by atoms with Gasteiger partial charge in [0.2, 0.25) is 0 Å². The Morgan fingerprint density at radius 1 is 1.40 bits per heavy atom. The predicted octanol–water partition coefficient (Wildman–Crippen LogP) is -3.17. The Balaban J connectivity index is 2.74. The van der Waals surface area contributed by atoms with E-state index in [9.17, 15) is 0 Å². The normalized spacial score (nSPS) is 33.8. The second-order valence-corrected chi connectivity index (χ2v) is 2.06. The van der Waals surface area contributed by atoms with Gasteiger partial charge in [-0.2, -0.15) is 0 Å². The molecule has 0 aromatic heterocycles. The van der Waals surface area contributed by atoms with Crippen LogP contribution in [0.1, 0.15) is 0 Å². The van der Waals surface area contributed by atoms with Crippen molar-refractivity contribution in [2.75, 3.05) is 0 Å². The van der Waals surface area contributed by atoms with E-state index in [0.717, 1.165) is 0 Å². The van der Waals surface area contributed by atoms with E-state index in [4.69, 9.17) is 22.3 Å². The number of aliphatic hydroxyl groups is 1. The third kappa shape index (κ3) is 1.13. The molecule has 0 spiro atoms. The third-order valence-electron chi connectivity index (χ3n) is 1.25. The van der Waals surface area contributed by atoms with Gasteiger partial charge in [0.25, 0.3) is 0 Å². The fourth-order valence-electron chi connectivity index (χ4n) is 0.700. The lowest BCUT2D eigenvalue weighted by Gasteiger charge is -2.27. The van der Waals surface area contributed by atoms with Crippen molar-refractivity contribution >= 4 is 0 Å². The van der Waals surface area contributed by atoms with Gasteiger partial charge in [-0.25, -0.2) is 0 Å². The van der Waals surface area contributed by atoms with Crippen molar-refractivity contribution in [2.45, 2.75) is 12.5 Å². The Morgan fingerprint density at radius 3 is 2.50 bits per heavy atom. The van der Waals surface area contributed by atoms with Gasteiger partial charge in [-0.3, -0.25) is 11.1 Å². The standard InChI is InChI=1S/C4H11N5O/c5-1-2(6)8-4(7)9-3(1)10/h3-4,8-10H,5-7H2/t3-,4?/m0/s1. The summed E-state index contributed by atoms with van der Waals surface area (Å²) in [6, 6.07) is 0. The fraction of sp³-hybridized carbons (Fsp3) is 0.500. The highest BCUT2D eigenvalue weighted by atomic mass is 16.3. The van der Waals surface area contributed by atoms with E-state index in [2.05, 4.69) is 10.6 Å². The Hall–Kier alpha value is -0.980. The van der Waals surface area contributed by atoms with Gasteiger partial charge in [0, 0.05) is 0 Å². The molecule has 0 aliphatic carbocycles. The number of nitrogens with two attached hydrogens (primary N) is 3. The summed E-state index contributed by atoms with van der Waals surface area (Å²) < 4.78 is 0. The number of nitrogens with one attached hydrogen (secondary N) is 2. The zero-order valence-corrected chi connectivity index (χ0v) is 5.33. The van der Waals surface area contributed by atoms with Crippen LogP contribution in [0.25, 0.3) is 0 Å². The minimum atomic E-state index is -0.948. The van der Waals surface area contributed by atoms with Crippen molar-refractivity contribution < 1.29 is 5.11 Å². The lowest BCUT2D eigenvalue weighted by atomic mass is 10.3. The Kier molecular flexibility index (Phi) is 1.66. The average molecular weight is 145 g/mol. The number of aliphatic hydroxyl groups excluding tert-OH is 1. The second kappa shape index (κ2) is 2.33. The number of hydrogen-bond acceptors (Lipinski definition) is 6. The summed E-state index contributed by atoms with van der Waals surface area (Å²) in [6.45, 7) is 0. The van der Waals surface area contributed by atoms with Crippen LogP contribution in [0.3, 0.4) is 0 Å². The smallest absolute Gasteiger partial charge is 0.151 e. The highest BCUT2D eigenvalue weighted by Gasteiger charge is 2.19. The maximum absolute atomic E-state index is 9.02. The molecule has 1 unspecified atom stereocenters. The van der Waals surface area contributed by atoms with Crippen molar-refractivity contribution in [1.29, 1.82) is 0 Å². The van der Waals surface area contributed by atoms with Gasteiger partial charge in [-0.1, -0.05) is 0 Å². The monoisotopic (exact) mass is 145 g/mol. The van der Waals surface area contributed by atoms with E-state index in [1.54, 1.807) is 0 Å². The fourth-order valence-corrected chi connectivity index (χ4v) is 0.700. The zero-order valence-electron chi connectivity index (χ0n) is 5.33. The van der Waals surface area contributed by atoms with Crippen LogP contribution in [0, 0.1) is 0 Å². The molecule has 1 heterocycles. The lowest BCUT2D eigenvalue weighted by molar-refractivity contribution is 0.136. The molecule has 9 N–H and O–H groups in total. The molecule has 0 saturated heterocycles. The summed E-state index contributed by atoms with van der Waals surface area (Å²) in [7, 11) is 0. The van der Waals surface area contributed by atoms with Crippen molar-refractivity contribution in [3.63, 3.8) is 0 Å². The molecule has 0 fully saturated rings. The molecule has 1 rings (SSSR count). The summed E-state index contributed by atoms with van der Waals surface area (Å²) in [5, 5.41) is 14.1. The van der Waals surface area contributed by atoms with Gasteiger partial charge < -0.3 is 21.9 Å². The SMILES string of the molecule is NC1=C(N)[C@H](O)NC(N)N1. The van der Waals surface area contributed by atoms with Crippen LogP contribution < -0.4 is 27.8 Å². The highest BCUT2D eigenvalue weighted by molar-refractivity contribution is 5.13. The maximum Gasteiger partial charge on any atom is 0.151 e. The van der Waals surface area contributed by atoms with Gasteiger partial charge in [0.1, 0.15) is 12.1 Å². The van der Waals surface area contributed by atoms with E-state index >= 15 is 0 Å². The number of hydrogen-bond donors (Lipinski definition) is 6. The molecule has 0 bridgehead atoms. The van der Waals surface area contributed by atoms with Crippen molar-refractivity contribution in [3.8, 4) is 0 Å². The van der Waals surface area contributed by atoms with E-state index in [-0.39, 0.29) is 11.5 Å². The van der Waals surface area contributed by atoms with Crippen LogP contribution in [0.4, 0.5) is 0 Å². The molecule has 6 nitrogen and oxygen atoms in total. The average Bonchev–Trinajstić information content (AvgIpc) is 1.82. The molecule has 0 amide bonds. The van der Waals surface area contributed by atoms with Crippen LogP contribution in [0.5, 0.6) is 0 Å². The first-order valence-corrected chi connectivity index (χ1v) is 2.82. The Bertz CT molecular complexity index is 167. The largest absolute Gasteiger partial charge is 0.396 e. The topological polar surface area (TPSA) is 122 Å². The van der Waals surface area contributed by atoms with Crippen LogP contribution >= 0.6 is 0 Å². The second-order valence-electron chi connectivity index (χ2n) is 2.06. The molecule has 6 heteroatoms. The van der Waals surface area contributed by atoms with Crippen molar-refractivity contribution in [1.82, 2.24) is 10.6 Å². The summed E-state index contributed by atoms with van der Waals surface area (Å²) in [5.41, 5.74) is 16.1. The molecule has 2 atom stereocenters. The van der Waals surface area contributed by atoms with E-state index < -0.39 is 12.5 Å². The molecule has 1 aliphatic rings. The highest BCUT2D eigenvalue weighted by Crippen LogP contribution is 1.98. The van der Waals surface area contributed by atoms with E-state index in [1.165, 1.54) is 0 Å². The first kappa shape index (κ1) is 7.13. The zero-order chi connectivity index (χ0) is 7.72. The molecule has 0 radical (unpaired) electrons. The van der Waals surface area contributed by atoms with E-state index in [0.29, 0.717) is 0 Å². The van der Waals surface area contributed by atoms with Gasteiger partial charge in [-0.15, -0.1) is 0 Å². The molecule has 0 saturated carbocycles. The van der Waals surface area contributed by atoms with Gasteiger partial charge in [0.05, 0.1) is 5.70 Å². The van der Waals surface area contributed by atoms with Gasteiger partial charge in [0.15, 0.2) is 6.23 Å². The molecular weight excluding hydrogens is 134 g/mol. The minimum Gasteiger partial charge on any atom is -0.396 e. The predicted molar refractivity (Wildman–Crippen MR) is 35.7 cm³/mol. The van der Waals surface area contributed by atoms with Crippen molar-refractivity contribution in [3.05, 3.63) is 11.5 Å². The molecule has 1 aliphatic heterocycles. The van der Waals surface area contributed by atoms with Crippen molar-refractivity contribution in [2.24, 2.45) is 17.2 Å². The molecule has 10 heavy (non-hydrogen) atoms. The molecule has 58 valence electrons. The van der Waals surface area contributed by atoms with Crippen LogP contribution in [0.15, 0.2) is 11.5 Å². The summed E-state index contributed by atoms with van der Waals surface area (Å²) >= 11 is 0. The van der Waals surface area contributed by atoms with Crippen LogP contribution in [-0.2, 0) is 0 Å². The van der Waals surface area contributed by atoms with E-state index in [1.807, 2.05) is 0 Å². The Labute approximate surface area is 58.1 Å². The Morgan fingerprint density at radius 2 is 2.00 bits per heavy atom. The maximum atomic E-state index is 9.02. The van der Waals surface area contributed by atoms with Gasteiger partial charge >= 0.3 is 0 Å². The quantitative estimate of drug-likeness (QED) is 0.214. The molecule has 0 aromatic rings. The van der Waals surface area contributed by atoms with Gasteiger partial charge in [-0.05, 0) is 0 Å². The van der Waals surface area contributed by atoms with Crippen LogP contribution in [0.2, 0.25) is 0 Å². The van der Waals surface area contributed by atoms with Crippen LogP contribution in [-0.4, -0.2) is 17.6 Å². The minimum absolute atomic E-state index is 0.168. The first-order valence-electron chi connectivity index (χ1n) is 2.82. The molecule has 0 aromatic carbocycles. The third-order valence-corrected chi connectivity index (χ3v) is 1.25. The molecular formula is C4H11N5O. The summed E-state index contributed by atoms with van der Waals surface area (Å²) in [5.74, 6) is 0.221. The lowest BCUT2D eigenvalue weighted by Crippen LogP contribution is -2.60. The first-order chi connectivity index (χ1) is 4.61. The summed E-state index contributed by atoms with van der Waals surface area (Å²) in [6.07, 6.45) is -1.49. The number of rotatable bonds is 0.